The molecule has 3 nitrogen and oxygen atoms in total. The van der Waals surface area contributed by atoms with Gasteiger partial charge in [0.25, 0.3) is 0 Å². The maximum atomic E-state index is 11.8. The van der Waals surface area contributed by atoms with Crippen molar-refractivity contribution in [2.24, 2.45) is 5.16 Å². The lowest BCUT2D eigenvalue weighted by Crippen LogP contribution is -2.04. The van der Waals surface area contributed by atoms with Gasteiger partial charge in [-0.15, -0.1) is 0 Å². The van der Waals surface area contributed by atoms with Crippen molar-refractivity contribution in [3.05, 3.63) is 42.0 Å². The summed E-state index contributed by atoms with van der Waals surface area (Å²) in [6.07, 6.45) is 16.6. The predicted molar refractivity (Wildman–Crippen MR) is 99.8 cm³/mol. The fourth-order valence-electron chi connectivity index (χ4n) is 2.98. The van der Waals surface area contributed by atoms with Crippen molar-refractivity contribution in [3.8, 4) is 0 Å². The van der Waals surface area contributed by atoms with Crippen LogP contribution in [0.15, 0.2) is 41.6 Å². The third-order valence-electron chi connectivity index (χ3n) is 4.41. The van der Waals surface area contributed by atoms with E-state index in [9.17, 15) is 4.79 Å². The zero-order valence-electron chi connectivity index (χ0n) is 14.6. The van der Waals surface area contributed by atoms with Gasteiger partial charge in [0.2, 0.25) is 0 Å². The number of oxime groups is 1. The van der Waals surface area contributed by atoms with E-state index in [2.05, 4.69) is 5.16 Å². The van der Waals surface area contributed by atoms with Crippen molar-refractivity contribution in [2.45, 2.75) is 70.6 Å². The van der Waals surface area contributed by atoms with Crippen LogP contribution in [-0.2, 0) is 9.63 Å². The average molecular weight is 327 g/mol. The van der Waals surface area contributed by atoms with Gasteiger partial charge in [-0.2, -0.15) is 0 Å². The second kappa shape index (κ2) is 11.6. The number of nitrogens with zero attached hydrogens (tertiary/aromatic N) is 1. The lowest BCUT2D eigenvalue weighted by molar-refractivity contribution is -0.137. The van der Waals surface area contributed by atoms with Crippen LogP contribution in [0.25, 0.3) is 6.08 Å². The van der Waals surface area contributed by atoms with Crippen molar-refractivity contribution in [2.75, 3.05) is 0 Å². The van der Waals surface area contributed by atoms with Crippen LogP contribution in [0.4, 0.5) is 0 Å². The van der Waals surface area contributed by atoms with Crippen molar-refractivity contribution in [1.82, 2.24) is 0 Å². The van der Waals surface area contributed by atoms with E-state index >= 15 is 0 Å². The van der Waals surface area contributed by atoms with E-state index < -0.39 is 5.97 Å². The Balaban J connectivity index is 1.82. The van der Waals surface area contributed by atoms with Gasteiger partial charge in [-0.3, -0.25) is 0 Å². The second-order valence-corrected chi connectivity index (χ2v) is 6.49. The summed E-state index contributed by atoms with van der Waals surface area (Å²) in [5.41, 5.74) is 2.02. The molecule has 130 valence electrons. The summed E-state index contributed by atoms with van der Waals surface area (Å²) in [6.45, 7) is 0. The number of hydrogen-bond acceptors (Lipinski definition) is 3. The predicted octanol–water partition coefficient (Wildman–Crippen LogP) is 5.90. The van der Waals surface area contributed by atoms with Crippen LogP contribution in [0.1, 0.15) is 76.2 Å². The highest BCUT2D eigenvalue weighted by Crippen LogP contribution is 2.15. The van der Waals surface area contributed by atoms with Gasteiger partial charge in [-0.1, -0.05) is 80.4 Å². The number of carbonyl (C=O) groups excluding carboxylic acids is 1. The van der Waals surface area contributed by atoms with Gasteiger partial charge < -0.3 is 4.84 Å². The summed E-state index contributed by atoms with van der Waals surface area (Å²) >= 11 is 0. The van der Waals surface area contributed by atoms with Crippen LogP contribution < -0.4 is 0 Å². The summed E-state index contributed by atoms with van der Waals surface area (Å²) < 4.78 is 0. The minimum absolute atomic E-state index is 0.405. The molecule has 0 atom stereocenters. The molecule has 0 aromatic heterocycles. The van der Waals surface area contributed by atoms with E-state index in [0.29, 0.717) is 0 Å². The first kappa shape index (κ1) is 18.4. The van der Waals surface area contributed by atoms with E-state index in [1.54, 1.807) is 6.08 Å². The van der Waals surface area contributed by atoms with E-state index in [1.807, 2.05) is 30.3 Å². The molecule has 0 N–H and O–H groups in total. The van der Waals surface area contributed by atoms with Crippen LogP contribution in [0.2, 0.25) is 0 Å². The van der Waals surface area contributed by atoms with E-state index in [1.165, 1.54) is 51.0 Å². The summed E-state index contributed by atoms with van der Waals surface area (Å²) in [5, 5.41) is 4.14. The number of hydrogen-bond donors (Lipinski definition) is 0. The fraction of sp³-hybridized carbons (Fsp3) is 0.524. The molecule has 0 bridgehead atoms. The Hall–Kier alpha value is -1.90. The summed E-state index contributed by atoms with van der Waals surface area (Å²) in [6, 6.07) is 9.72. The van der Waals surface area contributed by atoms with Crippen LogP contribution in [0, 0.1) is 0 Å². The Labute approximate surface area is 145 Å². The number of benzene rings is 1. The smallest absolute Gasteiger partial charge is 0.314 e. The molecule has 0 unspecified atom stereocenters. The van der Waals surface area contributed by atoms with Gasteiger partial charge in [0.1, 0.15) is 0 Å². The summed E-state index contributed by atoms with van der Waals surface area (Å²) in [4.78, 5) is 16.9. The average Bonchev–Trinajstić information content (AvgIpc) is 2.60. The molecular weight excluding hydrogens is 298 g/mol. The quantitative estimate of drug-likeness (QED) is 0.393. The highest BCUT2D eigenvalue weighted by Gasteiger charge is 2.05. The molecule has 1 aromatic carbocycles. The van der Waals surface area contributed by atoms with Crippen LogP contribution in [-0.4, -0.2) is 11.7 Å². The van der Waals surface area contributed by atoms with E-state index in [-0.39, 0.29) is 0 Å². The van der Waals surface area contributed by atoms with Crippen molar-refractivity contribution < 1.29 is 9.63 Å². The lowest BCUT2D eigenvalue weighted by Gasteiger charge is -2.08. The fourth-order valence-corrected chi connectivity index (χ4v) is 2.98. The van der Waals surface area contributed by atoms with Crippen molar-refractivity contribution in [1.29, 1.82) is 0 Å². The highest BCUT2D eigenvalue weighted by atomic mass is 16.7. The third-order valence-corrected chi connectivity index (χ3v) is 4.41. The normalized spacial score (nSPS) is 17.8. The topological polar surface area (TPSA) is 38.7 Å². The van der Waals surface area contributed by atoms with Gasteiger partial charge in [0, 0.05) is 6.08 Å². The standard InChI is InChI=1S/C21H29NO2/c23-21(18-17-19-13-9-8-10-14-19)24-22-20-15-11-6-4-2-1-3-5-7-12-16-20/h8-10,13-14,17-18H,1-7,11-12,15-16H2/b18-17+. The van der Waals surface area contributed by atoms with Crippen molar-refractivity contribution >= 4 is 17.8 Å². The largest absolute Gasteiger partial charge is 0.358 e. The van der Waals surface area contributed by atoms with E-state index in [4.69, 9.17) is 4.84 Å². The molecule has 2 rings (SSSR count). The molecule has 0 saturated heterocycles. The zero-order chi connectivity index (χ0) is 16.9. The Kier molecular flexibility index (Phi) is 8.92. The minimum atomic E-state index is -0.405. The molecular formula is C21H29NO2. The lowest BCUT2D eigenvalue weighted by atomic mass is 10.00. The molecule has 0 heterocycles. The molecule has 3 heteroatoms. The first-order valence-electron chi connectivity index (χ1n) is 9.34. The van der Waals surface area contributed by atoms with Crippen molar-refractivity contribution in [3.63, 3.8) is 0 Å². The Bertz CT molecular complexity index is 520. The first-order chi connectivity index (χ1) is 11.8. The third kappa shape index (κ3) is 8.09. The number of carbonyl (C=O) groups is 1. The molecule has 1 aliphatic rings. The summed E-state index contributed by atoms with van der Waals surface area (Å²) in [5.74, 6) is -0.405. The summed E-state index contributed by atoms with van der Waals surface area (Å²) in [7, 11) is 0. The van der Waals surface area contributed by atoms with Gasteiger partial charge in [-0.25, -0.2) is 4.79 Å². The maximum absolute atomic E-state index is 11.8. The molecule has 0 spiro atoms. The molecule has 0 radical (unpaired) electrons. The van der Waals surface area contributed by atoms with Gasteiger partial charge in [0.15, 0.2) is 0 Å². The Morgan fingerprint density at radius 2 is 1.38 bits per heavy atom. The first-order valence-corrected chi connectivity index (χ1v) is 9.34. The molecule has 1 fully saturated rings. The Morgan fingerprint density at radius 3 is 1.96 bits per heavy atom. The second-order valence-electron chi connectivity index (χ2n) is 6.49. The number of rotatable bonds is 3. The SMILES string of the molecule is O=C(/C=C/c1ccccc1)ON=C1CCCCCCCCCCC1. The van der Waals surface area contributed by atoms with Crippen LogP contribution >= 0.6 is 0 Å². The molecule has 1 aromatic rings. The van der Waals surface area contributed by atoms with Gasteiger partial charge in [0.05, 0.1) is 5.71 Å². The minimum Gasteiger partial charge on any atom is -0.314 e. The zero-order valence-corrected chi connectivity index (χ0v) is 14.6. The molecule has 1 saturated carbocycles. The molecule has 0 amide bonds. The molecule has 24 heavy (non-hydrogen) atoms. The van der Waals surface area contributed by atoms with Crippen LogP contribution in [0.3, 0.4) is 0 Å². The highest BCUT2D eigenvalue weighted by molar-refractivity contribution is 5.89. The maximum Gasteiger partial charge on any atom is 0.358 e. The van der Waals surface area contributed by atoms with E-state index in [0.717, 1.165) is 37.0 Å². The molecule has 1 aliphatic carbocycles. The monoisotopic (exact) mass is 327 g/mol. The van der Waals surface area contributed by atoms with Gasteiger partial charge in [-0.05, 0) is 37.3 Å². The molecule has 0 aliphatic heterocycles. The van der Waals surface area contributed by atoms with Crippen LogP contribution in [0.5, 0.6) is 0 Å². The van der Waals surface area contributed by atoms with Gasteiger partial charge >= 0.3 is 5.97 Å². The Morgan fingerprint density at radius 1 is 0.833 bits per heavy atom.